The van der Waals surface area contributed by atoms with Gasteiger partial charge in [0.25, 0.3) is 5.91 Å². The highest BCUT2D eigenvalue weighted by molar-refractivity contribution is 7.07. The first-order valence-corrected chi connectivity index (χ1v) is 9.08. The Morgan fingerprint density at radius 1 is 1.44 bits per heavy atom. The van der Waals surface area contributed by atoms with Gasteiger partial charge in [-0.3, -0.25) is 4.79 Å². The van der Waals surface area contributed by atoms with Crippen molar-refractivity contribution in [2.75, 3.05) is 32.2 Å². The van der Waals surface area contributed by atoms with E-state index in [1.165, 1.54) is 11.3 Å². The van der Waals surface area contributed by atoms with Crippen molar-refractivity contribution in [3.8, 4) is 0 Å². The van der Waals surface area contributed by atoms with E-state index in [1.54, 1.807) is 17.8 Å². The highest BCUT2D eigenvalue weighted by atomic mass is 32.1. The Morgan fingerprint density at radius 3 is 3.00 bits per heavy atom. The SMILES string of the molecule is CN(C)c1ccc(C(=O)N[C@@H]2CCOC[C@H]2OCc2cscn2)cn1. The van der Waals surface area contributed by atoms with Gasteiger partial charge in [-0.05, 0) is 18.6 Å². The number of aromatic nitrogens is 2. The first-order chi connectivity index (χ1) is 12.1. The van der Waals surface area contributed by atoms with Crippen LogP contribution in [-0.2, 0) is 16.1 Å². The summed E-state index contributed by atoms with van der Waals surface area (Å²) in [6, 6.07) is 3.52. The molecule has 1 N–H and O–H groups in total. The van der Waals surface area contributed by atoms with Crippen LogP contribution >= 0.6 is 11.3 Å². The number of nitrogens with one attached hydrogen (secondary N) is 1. The topological polar surface area (TPSA) is 76.6 Å². The molecule has 0 bridgehead atoms. The second-order valence-electron chi connectivity index (χ2n) is 6.07. The molecule has 1 aliphatic heterocycles. The third kappa shape index (κ3) is 4.75. The van der Waals surface area contributed by atoms with Crippen LogP contribution in [0.4, 0.5) is 5.82 Å². The molecule has 0 aromatic carbocycles. The summed E-state index contributed by atoms with van der Waals surface area (Å²) < 4.78 is 11.4. The largest absolute Gasteiger partial charge is 0.379 e. The number of anilines is 1. The fourth-order valence-corrected chi connectivity index (χ4v) is 3.12. The summed E-state index contributed by atoms with van der Waals surface area (Å²) in [5, 5.41) is 5.00. The fraction of sp³-hybridized carbons (Fsp3) is 0.471. The summed E-state index contributed by atoms with van der Waals surface area (Å²) in [5.74, 6) is 0.666. The zero-order valence-corrected chi connectivity index (χ0v) is 15.2. The third-order valence-corrected chi connectivity index (χ3v) is 4.65. The number of carbonyl (C=O) groups excluding carboxylic acids is 1. The van der Waals surface area contributed by atoms with Crippen molar-refractivity contribution < 1.29 is 14.3 Å². The normalized spacial score (nSPS) is 20.2. The van der Waals surface area contributed by atoms with E-state index in [0.717, 1.165) is 17.9 Å². The highest BCUT2D eigenvalue weighted by Crippen LogP contribution is 2.15. The van der Waals surface area contributed by atoms with Crippen molar-refractivity contribution in [1.82, 2.24) is 15.3 Å². The predicted octanol–water partition coefficient (Wildman–Crippen LogP) is 1.71. The summed E-state index contributed by atoms with van der Waals surface area (Å²) in [6.45, 7) is 1.50. The number of nitrogens with zero attached hydrogens (tertiary/aromatic N) is 3. The van der Waals surface area contributed by atoms with Crippen LogP contribution in [0.3, 0.4) is 0 Å². The Balaban J connectivity index is 1.59. The van der Waals surface area contributed by atoms with Crippen molar-refractivity contribution in [2.45, 2.75) is 25.2 Å². The molecule has 1 saturated heterocycles. The lowest BCUT2D eigenvalue weighted by atomic mass is 10.1. The van der Waals surface area contributed by atoms with Gasteiger partial charge in [0.1, 0.15) is 11.9 Å². The first-order valence-electron chi connectivity index (χ1n) is 8.14. The van der Waals surface area contributed by atoms with E-state index in [-0.39, 0.29) is 18.1 Å². The monoisotopic (exact) mass is 362 g/mol. The number of amides is 1. The standard InChI is InChI=1S/C17H22N4O3S/c1-21(2)16-4-3-12(7-18-16)17(22)20-14-5-6-23-9-15(14)24-8-13-10-25-11-19-13/h3-4,7,10-11,14-15H,5-6,8-9H2,1-2H3,(H,20,22)/t14-,15-/m1/s1. The van der Waals surface area contributed by atoms with Gasteiger partial charge in [0.05, 0.1) is 36.0 Å². The first kappa shape index (κ1) is 17.8. The summed E-state index contributed by atoms with van der Waals surface area (Å²) in [7, 11) is 3.82. The molecule has 1 aliphatic rings. The maximum Gasteiger partial charge on any atom is 0.253 e. The molecule has 3 heterocycles. The van der Waals surface area contributed by atoms with Crippen LogP contribution < -0.4 is 10.2 Å². The molecule has 8 heteroatoms. The van der Waals surface area contributed by atoms with Gasteiger partial charge in [-0.1, -0.05) is 0 Å². The molecule has 1 amide bonds. The van der Waals surface area contributed by atoms with Gasteiger partial charge in [-0.25, -0.2) is 9.97 Å². The molecule has 0 spiro atoms. The lowest BCUT2D eigenvalue weighted by molar-refractivity contribution is -0.0742. The zero-order valence-electron chi connectivity index (χ0n) is 14.3. The van der Waals surface area contributed by atoms with Crippen molar-refractivity contribution >= 4 is 23.1 Å². The molecule has 2 aromatic rings. The van der Waals surface area contributed by atoms with Gasteiger partial charge < -0.3 is 19.7 Å². The van der Waals surface area contributed by atoms with Gasteiger partial charge in [0.2, 0.25) is 0 Å². The molecular weight excluding hydrogens is 340 g/mol. The van der Waals surface area contributed by atoms with Crippen LogP contribution in [0.2, 0.25) is 0 Å². The van der Waals surface area contributed by atoms with E-state index in [2.05, 4.69) is 15.3 Å². The van der Waals surface area contributed by atoms with Crippen LogP contribution in [0.15, 0.2) is 29.2 Å². The Bertz CT molecular complexity index is 676. The number of rotatable bonds is 6. The lowest BCUT2D eigenvalue weighted by Crippen LogP contribution is -2.50. The lowest BCUT2D eigenvalue weighted by Gasteiger charge is -2.32. The maximum atomic E-state index is 12.5. The molecule has 2 atom stereocenters. The van der Waals surface area contributed by atoms with E-state index in [4.69, 9.17) is 9.47 Å². The predicted molar refractivity (Wildman–Crippen MR) is 95.9 cm³/mol. The Labute approximate surface area is 151 Å². The fourth-order valence-electron chi connectivity index (χ4n) is 2.58. The van der Waals surface area contributed by atoms with Crippen molar-refractivity contribution in [2.24, 2.45) is 0 Å². The Morgan fingerprint density at radius 2 is 2.32 bits per heavy atom. The molecular formula is C17H22N4O3S. The summed E-state index contributed by atoms with van der Waals surface area (Å²) >= 11 is 1.54. The molecule has 2 aromatic heterocycles. The van der Waals surface area contributed by atoms with Gasteiger partial charge >= 0.3 is 0 Å². The minimum Gasteiger partial charge on any atom is -0.379 e. The second kappa shape index (κ2) is 8.37. The number of thiazole rings is 1. The number of hydrogen-bond donors (Lipinski definition) is 1. The third-order valence-electron chi connectivity index (χ3n) is 4.02. The van der Waals surface area contributed by atoms with Crippen molar-refractivity contribution in [3.05, 3.63) is 40.5 Å². The maximum absolute atomic E-state index is 12.5. The zero-order chi connectivity index (χ0) is 17.6. The number of hydrogen-bond acceptors (Lipinski definition) is 7. The molecule has 1 fully saturated rings. The van der Waals surface area contributed by atoms with Gasteiger partial charge in [-0.15, -0.1) is 11.3 Å². The van der Waals surface area contributed by atoms with Crippen LogP contribution in [0.25, 0.3) is 0 Å². The molecule has 0 aliphatic carbocycles. The smallest absolute Gasteiger partial charge is 0.253 e. The average Bonchev–Trinajstić information content (AvgIpc) is 3.14. The van der Waals surface area contributed by atoms with E-state index < -0.39 is 0 Å². The second-order valence-corrected chi connectivity index (χ2v) is 6.79. The molecule has 25 heavy (non-hydrogen) atoms. The number of pyridine rings is 1. The molecule has 0 radical (unpaired) electrons. The van der Waals surface area contributed by atoms with E-state index >= 15 is 0 Å². The summed E-state index contributed by atoms with van der Waals surface area (Å²) in [5.41, 5.74) is 3.21. The van der Waals surface area contributed by atoms with Crippen LogP contribution in [0.5, 0.6) is 0 Å². The van der Waals surface area contributed by atoms with Crippen LogP contribution in [-0.4, -0.2) is 55.3 Å². The van der Waals surface area contributed by atoms with Crippen molar-refractivity contribution in [3.63, 3.8) is 0 Å². The van der Waals surface area contributed by atoms with E-state index in [1.807, 2.05) is 30.4 Å². The van der Waals surface area contributed by atoms with Gasteiger partial charge in [-0.2, -0.15) is 0 Å². The van der Waals surface area contributed by atoms with Crippen LogP contribution in [0.1, 0.15) is 22.5 Å². The van der Waals surface area contributed by atoms with Crippen LogP contribution in [0, 0.1) is 0 Å². The minimum absolute atomic E-state index is 0.0894. The minimum atomic E-state index is -0.187. The highest BCUT2D eigenvalue weighted by Gasteiger charge is 2.28. The van der Waals surface area contributed by atoms with Crippen molar-refractivity contribution in [1.29, 1.82) is 0 Å². The quantitative estimate of drug-likeness (QED) is 0.843. The molecule has 0 saturated carbocycles. The van der Waals surface area contributed by atoms with E-state index in [0.29, 0.717) is 25.4 Å². The van der Waals surface area contributed by atoms with Gasteiger partial charge in [0.15, 0.2) is 0 Å². The number of carbonyl (C=O) groups is 1. The Kier molecular flexibility index (Phi) is 5.95. The summed E-state index contributed by atoms with van der Waals surface area (Å²) in [4.78, 5) is 22.9. The van der Waals surface area contributed by atoms with E-state index in [9.17, 15) is 4.79 Å². The molecule has 134 valence electrons. The Hall–Kier alpha value is -2.03. The molecule has 7 nitrogen and oxygen atoms in total. The average molecular weight is 362 g/mol. The molecule has 0 unspecified atom stereocenters. The molecule has 3 rings (SSSR count). The van der Waals surface area contributed by atoms with Gasteiger partial charge in [0, 0.05) is 32.3 Å². The number of ether oxygens (including phenoxy) is 2. The summed E-state index contributed by atoms with van der Waals surface area (Å²) in [6.07, 6.45) is 2.12.